The number of rotatable bonds is 2. The average molecular weight is 144 g/mol. The molecule has 3 nitrogen and oxygen atoms in total. The lowest BCUT2D eigenvalue weighted by molar-refractivity contribution is -0.148. The van der Waals surface area contributed by atoms with E-state index in [1.807, 2.05) is 20.8 Å². The number of ether oxygens (including phenoxy) is 2. The first-order valence-corrected chi connectivity index (χ1v) is 3.47. The van der Waals surface area contributed by atoms with Gasteiger partial charge in [-0.1, -0.05) is 0 Å². The third kappa shape index (κ3) is 1.70. The lowest BCUT2D eigenvalue weighted by Gasteiger charge is -2.04. The second-order valence-corrected chi connectivity index (χ2v) is 2.75. The highest BCUT2D eigenvalue weighted by Crippen LogP contribution is 2.22. The maximum atomic E-state index is 10.9. The lowest BCUT2D eigenvalue weighted by Crippen LogP contribution is -2.17. The quantitative estimate of drug-likeness (QED) is 0.423. The molecule has 1 aliphatic rings. The summed E-state index contributed by atoms with van der Waals surface area (Å²) in [6.45, 7) is 5.50. The second-order valence-electron chi connectivity index (χ2n) is 2.75. The van der Waals surface area contributed by atoms with E-state index in [4.69, 9.17) is 9.47 Å². The van der Waals surface area contributed by atoms with Gasteiger partial charge in [0.25, 0.3) is 0 Å². The summed E-state index contributed by atoms with van der Waals surface area (Å²) in [6, 6.07) is 0. The van der Waals surface area contributed by atoms with Crippen molar-refractivity contribution in [3.05, 3.63) is 0 Å². The molecule has 0 saturated carbocycles. The molecule has 58 valence electrons. The first-order chi connectivity index (χ1) is 4.61. The maximum Gasteiger partial charge on any atom is 0.338 e. The molecule has 0 aromatic heterocycles. The van der Waals surface area contributed by atoms with Crippen LogP contribution in [0.25, 0.3) is 0 Å². The zero-order valence-electron chi connectivity index (χ0n) is 6.46. The number of hydrogen-bond acceptors (Lipinski definition) is 3. The van der Waals surface area contributed by atoms with Crippen molar-refractivity contribution in [3.8, 4) is 0 Å². The molecule has 0 aromatic rings. The van der Waals surface area contributed by atoms with Crippen molar-refractivity contribution in [2.45, 2.75) is 39.1 Å². The molecule has 1 aliphatic heterocycles. The molecular weight excluding hydrogens is 132 g/mol. The van der Waals surface area contributed by atoms with Gasteiger partial charge in [-0.3, -0.25) is 0 Å². The van der Waals surface area contributed by atoms with Crippen LogP contribution in [-0.4, -0.2) is 24.3 Å². The van der Waals surface area contributed by atoms with E-state index in [9.17, 15) is 4.79 Å². The van der Waals surface area contributed by atoms with Gasteiger partial charge in [-0.15, -0.1) is 0 Å². The van der Waals surface area contributed by atoms with Crippen molar-refractivity contribution in [3.63, 3.8) is 0 Å². The number of hydrogen-bond donors (Lipinski definition) is 0. The maximum absolute atomic E-state index is 10.9. The Labute approximate surface area is 60.3 Å². The fraction of sp³-hybridized carbons (Fsp3) is 0.857. The highest BCUT2D eigenvalue weighted by molar-refractivity contribution is 5.77. The molecule has 10 heavy (non-hydrogen) atoms. The zero-order valence-corrected chi connectivity index (χ0v) is 6.46. The molecule has 0 amide bonds. The molecule has 0 spiro atoms. The monoisotopic (exact) mass is 144 g/mol. The predicted molar refractivity (Wildman–Crippen MR) is 35.6 cm³/mol. The Hall–Kier alpha value is -0.570. The Morgan fingerprint density at radius 1 is 1.60 bits per heavy atom. The lowest BCUT2D eigenvalue weighted by atomic mass is 10.3. The minimum absolute atomic E-state index is 0.0381. The summed E-state index contributed by atoms with van der Waals surface area (Å²) in [5.74, 6) is -0.234. The van der Waals surface area contributed by atoms with E-state index in [1.54, 1.807) is 0 Å². The van der Waals surface area contributed by atoms with Crippen molar-refractivity contribution in [1.82, 2.24) is 0 Å². The smallest absolute Gasteiger partial charge is 0.338 e. The molecule has 1 fully saturated rings. The van der Waals surface area contributed by atoms with E-state index in [2.05, 4.69) is 0 Å². The number of carbonyl (C=O) groups excluding carboxylic acids is 1. The standard InChI is InChI=1S/C7H12O3/c1-4(2)9-7(8)6-5(3)10-6/h4-6H,1-3H3/t5-,6-/m1/s1. The first kappa shape index (κ1) is 7.54. The van der Waals surface area contributed by atoms with E-state index in [0.29, 0.717) is 0 Å². The Morgan fingerprint density at radius 2 is 2.10 bits per heavy atom. The van der Waals surface area contributed by atoms with Crippen LogP contribution in [0.2, 0.25) is 0 Å². The normalized spacial score (nSPS) is 30.4. The fourth-order valence-corrected chi connectivity index (χ4v) is 0.732. The molecule has 1 saturated heterocycles. The van der Waals surface area contributed by atoms with Gasteiger partial charge in [0.2, 0.25) is 0 Å². The zero-order chi connectivity index (χ0) is 7.72. The highest BCUT2D eigenvalue weighted by atomic mass is 16.6. The van der Waals surface area contributed by atoms with E-state index >= 15 is 0 Å². The highest BCUT2D eigenvalue weighted by Gasteiger charge is 2.42. The van der Waals surface area contributed by atoms with Crippen LogP contribution in [-0.2, 0) is 14.3 Å². The van der Waals surface area contributed by atoms with Crippen molar-refractivity contribution in [1.29, 1.82) is 0 Å². The van der Waals surface area contributed by atoms with Gasteiger partial charge in [0.15, 0.2) is 6.10 Å². The van der Waals surface area contributed by atoms with Gasteiger partial charge in [-0.05, 0) is 20.8 Å². The molecule has 0 unspecified atom stereocenters. The van der Waals surface area contributed by atoms with Crippen LogP contribution in [0.1, 0.15) is 20.8 Å². The molecule has 2 atom stereocenters. The number of epoxide rings is 1. The summed E-state index contributed by atoms with van der Waals surface area (Å²) in [7, 11) is 0. The first-order valence-electron chi connectivity index (χ1n) is 3.47. The van der Waals surface area contributed by atoms with Crippen molar-refractivity contribution in [2.24, 2.45) is 0 Å². The van der Waals surface area contributed by atoms with Crippen LogP contribution in [0.15, 0.2) is 0 Å². The number of carbonyl (C=O) groups is 1. The van der Waals surface area contributed by atoms with E-state index < -0.39 is 0 Å². The van der Waals surface area contributed by atoms with Crippen LogP contribution in [0.4, 0.5) is 0 Å². The topological polar surface area (TPSA) is 38.8 Å². The Bertz CT molecular complexity index is 142. The van der Waals surface area contributed by atoms with Crippen LogP contribution >= 0.6 is 0 Å². The summed E-state index contributed by atoms with van der Waals surface area (Å²) in [4.78, 5) is 10.9. The molecule has 0 N–H and O–H groups in total. The van der Waals surface area contributed by atoms with Crippen LogP contribution in [0, 0.1) is 0 Å². The van der Waals surface area contributed by atoms with Gasteiger partial charge in [0.1, 0.15) is 0 Å². The molecule has 1 rings (SSSR count). The summed E-state index contributed by atoms with van der Waals surface area (Å²) in [5, 5.41) is 0. The Kier molecular flexibility index (Phi) is 1.94. The number of esters is 1. The van der Waals surface area contributed by atoms with Gasteiger partial charge >= 0.3 is 5.97 Å². The van der Waals surface area contributed by atoms with Gasteiger partial charge in [-0.2, -0.15) is 0 Å². The van der Waals surface area contributed by atoms with E-state index in [0.717, 1.165) is 0 Å². The second kappa shape index (κ2) is 2.58. The Morgan fingerprint density at radius 3 is 2.40 bits per heavy atom. The van der Waals surface area contributed by atoms with Crippen LogP contribution in [0.5, 0.6) is 0 Å². The van der Waals surface area contributed by atoms with E-state index in [-0.39, 0.29) is 24.3 Å². The van der Waals surface area contributed by atoms with Crippen LogP contribution in [0.3, 0.4) is 0 Å². The third-order valence-electron chi connectivity index (χ3n) is 1.30. The average Bonchev–Trinajstić information content (AvgIpc) is 2.44. The van der Waals surface area contributed by atoms with Gasteiger partial charge < -0.3 is 9.47 Å². The minimum Gasteiger partial charge on any atom is -0.461 e. The van der Waals surface area contributed by atoms with E-state index in [1.165, 1.54) is 0 Å². The van der Waals surface area contributed by atoms with Crippen LogP contribution < -0.4 is 0 Å². The van der Waals surface area contributed by atoms with Crippen molar-refractivity contribution >= 4 is 5.97 Å². The molecular formula is C7H12O3. The Balaban J connectivity index is 2.23. The van der Waals surface area contributed by atoms with Gasteiger partial charge in [0.05, 0.1) is 12.2 Å². The molecule has 3 heteroatoms. The third-order valence-corrected chi connectivity index (χ3v) is 1.30. The van der Waals surface area contributed by atoms with Crippen molar-refractivity contribution < 1.29 is 14.3 Å². The van der Waals surface area contributed by atoms with Gasteiger partial charge in [0, 0.05) is 0 Å². The molecule has 0 aromatic carbocycles. The summed E-state index contributed by atoms with van der Waals surface area (Å²) in [5.41, 5.74) is 0. The summed E-state index contributed by atoms with van der Waals surface area (Å²) < 4.78 is 9.79. The summed E-state index contributed by atoms with van der Waals surface area (Å²) >= 11 is 0. The minimum atomic E-state index is -0.289. The fourth-order valence-electron chi connectivity index (χ4n) is 0.732. The van der Waals surface area contributed by atoms with Gasteiger partial charge in [-0.25, -0.2) is 4.79 Å². The molecule has 0 aliphatic carbocycles. The molecule has 0 bridgehead atoms. The predicted octanol–water partition coefficient (Wildman–Crippen LogP) is 0.725. The molecule has 1 heterocycles. The molecule has 0 radical (unpaired) electrons. The summed E-state index contributed by atoms with van der Waals surface area (Å²) in [6.07, 6.45) is -0.266. The van der Waals surface area contributed by atoms with Crippen molar-refractivity contribution in [2.75, 3.05) is 0 Å². The SMILES string of the molecule is CC(C)OC(=O)[C@@H]1O[C@@H]1C. The largest absolute Gasteiger partial charge is 0.461 e.